The van der Waals surface area contributed by atoms with Crippen molar-refractivity contribution in [3.8, 4) is 0 Å². The molecular formula is C14H15N5O2S. The van der Waals surface area contributed by atoms with E-state index < -0.39 is 0 Å². The number of nitrogens with zero attached hydrogens (tertiary/aromatic N) is 4. The van der Waals surface area contributed by atoms with Crippen LogP contribution in [0, 0.1) is 0 Å². The Morgan fingerprint density at radius 3 is 2.64 bits per heavy atom. The Bertz CT molecular complexity index is 850. The van der Waals surface area contributed by atoms with Crippen LogP contribution in [-0.2, 0) is 17.9 Å². The highest BCUT2D eigenvalue weighted by Gasteiger charge is 2.15. The third kappa shape index (κ3) is 2.64. The van der Waals surface area contributed by atoms with E-state index in [0.717, 1.165) is 17.5 Å². The van der Waals surface area contributed by atoms with Crippen LogP contribution in [0.1, 0.15) is 13.3 Å². The van der Waals surface area contributed by atoms with Gasteiger partial charge in [-0.1, -0.05) is 30.4 Å². The summed E-state index contributed by atoms with van der Waals surface area (Å²) in [6, 6.07) is 7.49. The summed E-state index contributed by atoms with van der Waals surface area (Å²) in [5.41, 5.74) is 2.97. The van der Waals surface area contributed by atoms with Crippen LogP contribution < -0.4 is 11.0 Å². The molecule has 0 fully saturated rings. The Kier molecular flexibility index (Phi) is 4.01. The topological polar surface area (TPSA) is 81.8 Å². The smallest absolute Gasteiger partial charge is 0.299 e. The quantitative estimate of drug-likeness (QED) is 0.776. The Morgan fingerprint density at radius 2 is 2.00 bits per heavy atom. The summed E-state index contributed by atoms with van der Waals surface area (Å²) in [5, 5.41) is 10.5. The minimum Gasteiger partial charge on any atom is -0.299 e. The van der Waals surface area contributed by atoms with Gasteiger partial charge in [0.2, 0.25) is 11.0 Å². The maximum Gasteiger partial charge on any atom is 0.329 e. The van der Waals surface area contributed by atoms with Crippen LogP contribution in [0.15, 0.2) is 34.6 Å². The first-order chi connectivity index (χ1) is 10.7. The fourth-order valence-electron chi connectivity index (χ4n) is 2.39. The van der Waals surface area contributed by atoms with E-state index >= 15 is 0 Å². The molecule has 0 saturated carbocycles. The van der Waals surface area contributed by atoms with Crippen molar-refractivity contribution in [2.75, 3.05) is 5.32 Å². The van der Waals surface area contributed by atoms with E-state index in [9.17, 15) is 9.59 Å². The molecule has 2 aromatic heterocycles. The predicted octanol–water partition coefficient (Wildman–Crippen LogP) is 1.70. The fraction of sp³-hybridized carbons (Fsp3) is 0.286. The van der Waals surface area contributed by atoms with Crippen LogP contribution in [0.5, 0.6) is 0 Å². The van der Waals surface area contributed by atoms with Gasteiger partial charge in [-0.25, -0.2) is 4.79 Å². The van der Waals surface area contributed by atoms with Gasteiger partial charge >= 0.3 is 5.69 Å². The zero-order valence-corrected chi connectivity index (χ0v) is 12.8. The lowest BCUT2D eigenvalue weighted by molar-refractivity contribution is -0.116. The molecule has 0 spiro atoms. The highest BCUT2D eigenvalue weighted by Crippen LogP contribution is 2.14. The number of carbonyl (C=O) groups excluding carboxylic acids is 1. The zero-order valence-electron chi connectivity index (χ0n) is 12.0. The molecule has 3 rings (SSSR count). The first kappa shape index (κ1) is 14.5. The molecule has 0 radical (unpaired) electrons. The van der Waals surface area contributed by atoms with Crippen LogP contribution in [0.4, 0.5) is 5.13 Å². The molecule has 8 heteroatoms. The molecule has 0 atom stereocenters. The molecule has 0 bridgehead atoms. The molecule has 7 nitrogen and oxygen atoms in total. The molecule has 0 aliphatic carbocycles. The number of aryl methyl sites for hydroxylation is 1. The number of fused-ring (bicyclic) bond motifs is 1. The molecule has 3 aromatic rings. The van der Waals surface area contributed by atoms with E-state index in [1.54, 1.807) is 4.57 Å². The maximum absolute atomic E-state index is 12.5. The van der Waals surface area contributed by atoms with Crippen molar-refractivity contribution >= 4 is 33.4 Å². The van der Waals surface area contributed by atoms with Crippen LogP contribution in [0.25, 0.3) is 11.0 Å². The monoisotopic (exact) mass is 317 g/mol. The third-order valence-corrected chi connectivity index (χ3v) is 3.89. The van der Waals surface area contributed by atoms with Crippen LogP contribution >= 0.6 is 11.3 Å². The number of benzene rings is 1. The average Bonchev–Trinajstić information content (AvgIpc) is 3.10. The SMILES string of the molecule is CCCn1c(=O)n(CC(=O)Nc2nncs2)c2ccccc21. The number of amides is 1. The van der Waals surface area contributed by atoms with Crippen molar-refractivity contribution < 1.29 is 4.79 Å². The van der Waals surface area contributed by atoms with Gasteiger partial charge < -0.3 is 0 Å². The second-order valence-corrected chi connectivity index (χ2v) is 5.63. The molecule has 1 aromatic carbocycles. The number of rotatable bonds is 5. The molecule has 22 heavy (non-hydrogen) atoms. The molecule has 0 saturated heterocycles. The van der Waals surface area contributed by atoms with Crippen molar-refractivity contribution in [3.63, 3.8) is 0 Å². The lowest BCUT2D eigenvalue weighted by Gasteiger charge is -2.02. The summed E-state index contributed by atoms with van der Waals surface area (Å²) < 4.78 is 3.19. The summed E-state index contributed by atoms with van der Waals surface area (Å²) >= 11 is 1.24. The molecule has 1 N–H and O–H groups in total. The van der Waals surface area contributed by atoms with E-state index in [1.165, 1.54) is 21.4 Å². The van der Waals surface area contributed by atoms with Crippen LogP contribution in [0.2, 0.25) is 0 Å². The van der Waals surface area contributed by atoms with Gasteiger partial charge in [0.1, 0.15) is 12.1 Å². The number of hydrogen-bond donors (Lipinski definition) is 1. The van der Waals surface area contributed by atoms with E-state index in [4.69, 9.17) is 0 Å². The predicted molar refractivity (Wildman–Crippen MR) is 85.0 cm³/mol. The Balaban J connectivity index is 1.95. The van der Waals surface area contributed by atoms with Crippen molar-refractivity contribution in [1.82, 2.24) is 19.3 Å². The summed E-state index contributed by atoms with van der Waals surface area (Å²) in [5.74, 6) is -0.293. The molecule has 2 heterocycles. The van der Waals surface area contributed by atoms with Gasteiger partial charge in [0.05, 0.1) is 11.0 Å². The van der Waals surface area contributed by atoms with Gasteiger partial charge in [-0.15, -0.1) is 10.2 Å². The number of hydrogen-bond acceptors (Lipinski definition) is 5. The van der Waals surface area contributed by atoms with Gasteiger partial charge in [-0.2, -0.15) is 0 Å². The minimum atomic E-state index is -0.293. The molecule has 1 amide bonds. The fourth-order valence-corrected chi connectivity index (χ4v) is 2.86. The summed E-state index contributed by atoms with van der Waals surface area (Å²) in [7, 11) is 0. The number of imidazole rings is 1. The van der Waals surface area contributed by atoms with E-state index in [0.29, 0.717) is 11.7 Å². The van der Waals surface area contributed by atoms with Gasteiger partial charge in [0, 0.05) is 6.54 Å². The normalized spacial score (nSPS) is 11.0. The van der Waals surface area contributed by atoms with Gasteiger partial charge in [-0.05, 0) is 18.6 Å². The van der Waals surface area contributed by atoms with Crippen LogP contribution in [-0.4, -0.2) is 25.2 Å². The van der Waals surface area contributed by atoms with E-state index in [2.05, 4.69) is 15.5 Å². The Hall–Kier alpha value is -2.48. The second-order valence-electron chi connectivity index (χ2n) is 4.80. The standard InChI is InChI=1S/C14H15N5O2S/c1-2-7-18-10-5-3-4-6-11(10)19(14(18)21)8-12(20)16-13-17-15-9-22-13/h3-6,9H,2,7-8H2,1H3,(H,16,17,20). The number of para-hydroxylation sites is 2. The average molecular weight is 317 g/mol. The molecular weight excluding hydrogens is 302 g/mol. The van der Waals surface area contributed by atoms with Gasteiger partial charge in [0.15, 0.2) is 0 Å². The van der Waals surface area contributed by atoms with Crippen molar-refractivity contribution in [3.05, 3.63) is 40.3 Å². The number of nitrogens with one attached hydrogen (secondary N) is 1. The van der Waals surface area contributed by atoms with Gasteiger partial charge in [0.25, 0.3) is 0 Å². The third-order valence-electron chi connectivity index (χ3n) is 3.28. The van der Waals surface area contributed by atoms with Crippen LogP contribution in [0.3, 0.4) is 0 Å². The Morgan fingerprint density at radius 1 is 1.27 bits per heavy atom. The second kappa shape index (κ2) is 6.10. The Labute approximate surface area is 130 Å². The molecule has 0 aliphatic heterocycles. The van der Waals surface area contributed by atoms with Gasteiger partial charge in [-0.3, -0.25) is 19.2 Å². The highest BCUT2D eigenvalue weighted by molar-refractivity contribution is 7.13. The lowest BCUT2D eigenvalue weighted by atomic mass is 10.3. The van der Waals surface area contributed by atoms with Crippen molar-refractivity contribution in [2.45, 2.75) is 26.4 Å². The summed E-state index contributed by atoms with van der Waals surface area (Å²) in [4.78, 5) is 24.6. The highest BCUT2D eigenvalue weighted by atomic mass is 32.1. The van der Waals surface area contributed by atoms with Crippen molar-refractivity contribution in [2.24, 2.45) is 0 Å². The maximum atomic E-state index is 12.5. The lowest BCUT2D eigenvalue weighted by Crippen LogP contribution is -2.29. The first-order valence-corrected chi connectivity index (χ1v) is 7.82. The van der Waals surface area contributed by atoms with E-state index in [-0.39, 0.29) is 18.1 Å². The van der Waals surface area contributed by atoms with Crippen molar-refractivity contribution in [1.29, 1.82) is 0 Å². The number of anilines is 1. The molecule has 0 aliphatic rings. The largest absolute Gasteiger partial charge is 0.329 e. The van der Waals surface area contributed by atoms with E-state index in [1.807, 2.05) is 31.2 Å². The number of carbonyl (C=O) groups is 1. The molecule has 114 valence electrons. The summed E-state index contributed by atoms with van der Waals surface area (Å²) in [6.45, 7) is 2.60. The number of aromatic nitrogens is 4. The zero-order chi connectivity index (χ0) is 15.5. The minimum absolute atomic E-state index is 0.0460. The first-order valence-electron chi connectivity index (χ1n) is 6.94. The summed E-state index contributed by atoms with van der Waals surface area (Å²) in [6.07, 6.45) is 0.852. The molecule has 0 unspecified atom stereocenters.